The number of benzene rings is 1. The van der Waals surface area contributed by atoms with Crippen LogP contribution in [0, 0.1) is 0 Å². The van der Waals surface area contributed by atoms with Crippen molar-refractivity contribution >= 4 is 16.8 Å². The van der Waals surface area contributed by atoms with E-state index in [-0.39, 0.29) is 5.91 Å². The molecule has 10 heteroatoms. The summed E-state index contributed by atoms with van der Waals surface area (Å²) in [4.78, 5) is 20.8. The SMILES string of the molecule is COCCn1nnc(C2CN(C(=O)c3cc(OC)c4ccccc4n3)CCO2)n1. The van der Waals surface area contributed by atoms with Crippen molar-refractivity contribution in [3.63, 3.8) is 0 Å². The van der Waals surface area contributed by atoms with Gasteiger partial charge in [0.2, 0.25) is 5.82 Å². The number of pyridine rings is 1. The quantitative estimate of drug-likeness (QED) is 0.608. The van der Waals surface area contributed by atoms with Crippen LogP contribution in [0.3, 0.4) is 0 Å². The molecule has 29 heavy (non-hydrogen) atoms. The van der Waals surface area contributed by atoms with Crippen molar-refractivity contribution in [2.24, 2.45) is 0 Å². The number of methoxy groups -OCH3 is 2. The standard InChI is InChI=1S/C19H22N6O4/c1-27-9-8-25-22-18(21-23-25)17-12-24(7-10-29-17)19(26)15-11-16(28-2)13-5-3-4-6-14(13)20-15/h3-6,11,17H,7-10,12H2,1-2H3. The molecule has 3 heterocycles. The van der Waals surface area contributed by atoms with Crippen LogP contribution < -0.4 is 4.74 Å². The summed E-state index contributed by atoms with van der Waals surface area (Å²) in [6, 6.07) is 9.24. The van der Waals surface area contributed by atoms with Gasteiger partial charge in [-0.3, -0.25) is 4.79 Å². The molecule has 1 saturated heterocycles. The van der Waals surface area contributed by atoms with Crippen LogP contribution in [-0.2, 0) is 16.0 Å². The van der Waals surface area contributed by atoms with E-state index in [9.17, 15) is 4.79 Å². The number of carbonyl (C=O) groups is 1. The van der Waals surface area contributed by atoms with E-state index in [0.717, 1.165) is 5.39 Å². The summed E-state index contributed by atoms with van der Waals surface area (Å²) in [6.45, 7) is 2.16. The Labute approximate surface area is 167 Å². The van der Waals surface area contributed by atoms with Crippen molar-refractivity contribution in [3.05, 3.63) is 41.9 Å². The first kappa shape index (κ1) is 19.2. The highest BCUT2D eigenvalue weighted by atomic mass is 16.5. The van der Waals surface area contributed by atoms with Crippen molar-refractivity contribution < 1.29 is 19.0 Å². The molecular weight excluding hydrogens is 376 g/mol. The Bertz CT molecular complexity index is 1010. The molecule has 2 aromatic heterocycles. The highest BCUT2D eigenvalue weighted by molar-refractivity contribution is 5.97. The van der Waals surface area contributed by atoms with Gasteiger partial charge in [0.15, 0.2) is 0 Å². The van der Waals surface area contributed by atoms with Crippen LogP contribution in [0.2, 0.25) is 0 Å². The van der Waals surface area contributed by atoms with E-state index in [1.165, 1.54) is 4.80 Å². The number of rotatable bonds is 6. The van der Waals surface area contributed by atoms with Gasteiger partial charge in [-0.25, -0.2) is 4.98 Å². The fourth-order valence-electron chi connectivity index (χ4n) is 3.23. The summed E-state index contributed by atoms with van der Waals surface area (Å²) in [5.41, 5.74) is 1.04. The zero-order valence-corrected chi connectivity index (χ0v) is 16.3. The summed E-state index contributed by atoms with van der Waals surface area (Å²) >= 11 is 0. The Hall–Kier alpha value is -3.11. The van der Waals surface area contributed by atoms with Crippen molar-refractivity contribution in [1.82, 2.24) is 30.1 Å². The third-order valence-electron chi connectivity index (χ3n) is 4.72. The average Bonchev–Trinajstić information content (AvgIpc) is 3.25. The molecule has 1 aromatic carbocycles. The smallest absolute Gasteiger partial charge is 0.272 e. The van der Waals surface area contributed by atoms with Crippen molar-refractivity contribution in [3.8, 4) is 5.75 Å². The van der Waals surface area contributed by atoms with Gasteiger partial charge in [0.05, 0.1) is 38.9 Å². The average molecular weight is 398 g/mol. The Kier molecular flexibility index (Phi) is 5.63. The van der Waals surface area contributed by atoms with E-state index < -0.39 is 6.10 Å². The molecule has 1 fully saturated rings. The van der Waals surface area contributed by atoms with Crippen LogP contribution in [0.25, 0.3) is 10.9 Å². The minimum absolute atomic E-state index is 0.186. The van der Waals surface area contributed by atoms with Crippen LogP contribution in [0.1, 0.15) is 22.4 Å². The first-order valence-corrected chi connectivity index (χ1v) is 9.31. The number of para-hydroxylation sites is 1. The van der Waals surface area contributed by atoms with Crippen LogP contribution >= 0.6 is 0 Å². The minimum atomic E-state index is -0.439. The number of morpholine rings is 1. The number of carbonyl (C=O) groups excluding carboxylic acids is 1. The first-order chi connectivity index (χ1) is 14.2. The number of fused-ring (bicyclic) bond motifs is 1. The van der Waals surface area contributed by atoms with E-state index in [0.29, 0.717) is 55.6 Å². The first-order valence-electron chi connectivity index (χ1n) is 9.31. The van der Waals surface area contributed by atoms with Crippen LogP contribution in [-0.4, -0.2) is 76.5 Å². The molecule has 1 aliphatic heterocycles. The summed E-state index contributed by atoms with van der Waals surface area (Å²) in [5.74, 6) is 0.878. The maximum Gasteiger partial charge on any atom is 0.272 e. The number of nitrogens with zero attached hydrogens (tertiary/aromatic N) is 6. The van der Waals surface area contributed by atoms with Crippen molar-refractivity contribution in [2.45, 2.75) is 12.6 Å². The molecule has 1 atom stereocenters. The van der Waals surface area contributed by atoms with E-state index in [1.54, 1.807) is 25.2 Å². The molecule has 0 radical (unpaired) electrons. The minimum Gasteiger partial charge on any atom is -0.496 e. The number of hydrogen-bond donors (Lipinski definition) is 0. The molecule has 0 spiro atoms. The Morgan fingerprint density at radius 2 is 2.17 bits per heavy atom. The Morgan fingerprint density at radius 3 is 3.00 bits per heavy atom. The van der Waals surface area contributed by atoms with Crippen LogP contribution in [0.15, 0.2) is 30.3 Å². The molecule has 0 N–H and O–H groups in total. The van der Waals surface area contributed by atoms with E-state index in [1.807, 2.05) is 24.3 Å². The monoisotopic (exact) mass is 398 g/mol. The summed E-state index contributed by atoms with van der Waals surface area (Å²) < 4.78 is 16.2. The molecule has 1 amide bonds. The normalized spacial score (nSPS) is 16.9. The van der Waals surface area contributed by atoms with Gasteiger partial charge in [-0.05, 0) is 17.3 Å². The zero-order valence-electron chi connectivity index (χ0n) is 16.3. The van der Waals surface area contributed by atoms with Crippen LogP contribution in [0.4, 0.5) is 0 Å². The van der Waals surface area contributed by atoms with Gasteiger partial charge in [-0.2, -0.15) is 4.80 Å². The van der Waals surface area contributed by atoms with Crippen molar-refractivity contribution in [1.29, 1.82) is 0 Å². The predicted molar refractivity (Wildman–Crippen MR) is 103 cm³/mol. The molecular formula is C19H22N6O4. The topological polar surface area (TPSA) is 104 Å². The zero-order chi connectivity index (χ0) is 20.2. The Morgan fingerprint density at radius 1 is 1.31 bits per heavy atom. The van der Waals surface area contributed by atoms with Gasteiger partial charge in [0, 0.05) is 25.1 Å². The second-order valence-corrected chi connectivity index (χ2v) is 6.57. The predicted octanol–water partition coefficient (Wildman–Crippen LogP) is 1.09. The highest BCUT2D eigenvalue weighted by Gasteiger charge is 2.30. The number of amides is 1. The molecule has 1 aliphatic rings. The number of hydrogen-bond acceptors (Lipinski definition) is 8. The van der Waals surface area contributed by atoms with Gasteiger partial charge >= 0.3 is 0 Å². The largest absolute Gasteiger partial charge is 0.496 e. The number of ether oxygens (including phenoxy) is 3. The number of aromatic nitrogens is 5. The molecule has 0 bridgehead atoms. The molecule has 0 aliphatic carbocycles. The molecule has 3 aromatic rings. The third kappa shape index (κ3) is 4.03. The van der Waals surface area contributed by atoms with Gasteiger partial charge in [0.25, 0.3) is 5.91 Å². The fraction of sp³-hybridized carbons (Fsp3) is 0.421. The third-order valence-corrected chi connectivity index (χ3v) is 4.72. The highest BCUT2D eigenvalue weighted by Crippen LogP contribution is 2.26. The maximum atomic E-state index is 13.1. The maximum absolute atomic E-state index is 13.1. The Balaban J connectivity index is 1.53. The molecule has 4 rings (SSSR count). The summed E-state index contributed by atoms with van der Waals surface area (Å²) in [6.07, 6.45) is -0.439. The molecule has 152 valence electrons. The van der Waals surface area contributed by atoms with Crippen molar-refractivity contribution in [2.75, 3.05) is 40.5 Å². The lowest BCUT2D eigenvalue weighted by molar-refractivity contribution is -0.0271. The second kappa shape index (κ2) is 8.50. The second-order valence-electron chi connectivity index (χ2n) is 6.57. The van der Waals surface area contributed by atoms with Gasteiger partial charge in [-0.15, -0.1) is 10.2 Å². The van der Waals surface area contributed by atoms with E-state index in [4.69, 9.17) is 14.2 Å². The fourth-order valence-corrected chi connectivity index (χ4v) is 3.23. The molecule has 1 unspecified atom stereocenters. The summed E-state index contributed by atoms with van der Waals surface area (Å²) in [7, 11) is 3.20. The number of tetrazole rings is 1. The van der Waals surface area contributed by atoms with E-state index >= 15 is 0 Å². The van der Waals surface area contributed by atoms with Gasteiger partial charge in [-0.1, -0.05) is 12.1 Å². The van der Waals surface area contributed by atoms with Gasteiger partial charge in [0.1, 0.15) is 17.5 Å². The van der Waals surface area contributed by atoms with Crippen LogP contribution in [0.5, 0.6) is 5.75 Å². The van der Waals surface area contributed by atoms with Gasteiger partial charge < -0.3 is 19.1 Å². The van der Waals surface area contributed by atoms with E-state index in [2.05, 4.69) is 20.4 Å². The molecule has 0 saturated carbocycles. The lowest BCUT2D eigenvalue weighted by atomic mass is 10.1. The lowest BCUT2D eigenvalue weighted by Gasteiger charge is -2.31. The summed E-state index contributed by atoms with van der Waals surface area (Å²) in [5, 5.41) is 13.2. The molecule has 10 nitrogen and oxygen atoms in total. The lowest BCUT2D eigenvalue weighted by Crippen LogP contribution is -2.42.